The van der Waals surface area contributed by atoms with Gasteiger partial charge in [-0.15, -0.1) is 11.3 Å². The second kappa shape index (κ2) is 6.29. The number of carbonyl (C=O) groups is 1. The Kier molecular flexibility index (Phi) is 4.47. The highest BCUT2D eigenvalue weighted by atomic mass is 32.1. The summed E-state index contributed by atoms with van der Waals surface area (Å²) in [4.78, 5) is 16.9. The summed E-state index contributed by atoms with van der Waals surface area (Å²) in [6.07, 6.45) is 5.94. The minimum absolute atomic E-state index is 0.363. The van der Waals surface area contributed by atoms with Gasteiger partial charge < -0.3 is 4.74 Å². The molecule has 0 amide bonds. The number of hydrogen-bond acceptors (Lipinski definition) is 4. The number of esters is 1. The van der Waals surface area contributed by atoms with E-state index < -0.39 is 0 Å². The van der Waals surface area contributed by atoms with E-state index >= 15 is 0 Å². The summed E-state index contributed by atoms with van der Waals surface area (Å²) in [7, 11) is 0. The molecule has 1 aromatic heterocycles. The number of ether oxygens (including phenoxy) is 1. The SMILES string of the molecule is C/C=C/C(=O)Oc1ccc(-c2ncc(CC)s2)cc1. The molecule has 0 bridgehead atoms. The first-order valence-electron chi connectivity index (χ1n) is 6.12. The zero-order valence-corrected chi connectivity index (χ0v) is 11.7. The van der Waals surface area contributed by atoms with Crippen LogP contribution in [0.25, 0.3) is 10.6 Å². The fourth-order valence-corrected chi connectivity index (χ4v) is 2.41. The molecule has 3 nitrogen and oxygen atoms in total. The Balaban J connectivity index is 2.11. The fourth-order valence-electron chi connectivity index (χ4n) is 1.56. The molecule has 0 N–H and O–H groups in total. The van der Waals surface area contributed by atoms with Crippen molar-refractivity contribution >= 4 is 17.3 Å². The molecule has 1 heterocycles. The van der Waals surface area contributed by atoms with Gasteiger partial charge in [-0.2, -0.15) is 0 Å². The number of benzene rings is 1. The second-order valence-electron chi connectivity index (χ2n) is 3.93. The first-order valence-corrected chi connectivity index (χ1v) is 6.94. The lowest BCUT2D eigenvalue weighted by Gasteiger charge is -2.02. The van der Waals surface area contributed by atoms with Crippen LogP contribution >= 0.6 is 11.3 Å². The number of hydrogen-bond donors (Lipinski definition) is 0. The van der Waals surface area contributed by atoms with Crippen molar-refractivity contribution in [3.05, 3.63) is 47.5 Å². The van der Waals surface area contributed by atoms with Gasteiger partial charge in [0.25, 0.3) is 0 Å². The quantitative estimate of drug-likeness (QED) is 0.482. The maximum atomic E-state index is 11.3. The number of carbonyl (C=O) groups excluding carboxylic acids is 1. The van der Waals surface area contributed by atoms with Gasteiger partial charge in [-0.1, -0.05) is 13.0 Å². The molecule has 4 heteroatoms. The van der Waals surface area contributed by atoms with E-state index in [0.29, 0.717) is 5.75 Å². The van der Waals surface area contributed by atoms with Gasteiger partial charge >= 0.3 is 5.97 Å². The Morgan fingerprint density at radius 3 is 2.68 bits per heavy atom. The van der Waals surface area contributed by atoms with Crippen LogP contribution in [0, 0.1) is 0 Å². The predicted molar refractivity (Wildman–Crippen MR) is 77.4 cm³/mol. The van der Waals surface area contributed by atoms with Crippen molar-refractivity contribution in [1.82, 2.24) is 4.98 Å². The topological polar surface area (TPSA) is 39.2 Å². The van der Waals surface area contributed by atoms with Crippen LogP contribution in [0.4, 0.5) is 0 Å². The van der Waals surface area contributed by atoms with Gasteiger partial charge in [-0.25, -0.2) is 9.78 Å². The molecule has 1 aromatic carbocycles. The van der Waals surface area contributed by atoms with E-state index in [2.05, 4.69) is 11.9 Å². The van der Waals surface area contributed by atoms with Crippen molar-refractivity contribution in [2.75, 3.05) is 0 Å². The molecule has 0 aliphatic heterocycles. The molecule has 0 aliphatic carbocycles. The van der Waals surface area contributed by atoms with E-state index in [1.807, 2.05) is 18.3 Å². The highest BCUT2D eigenvalue weighted by Gasteiger charge is 2.05. The summed E-state index contributed by atoms with van der Waals surface area (Å²) < 4.78 is 5.13. The molecule has 0 unspecified atom stereocenters. The Hall–Kier alpha value is -1.94. The van der Waals surface area contributed by atoms with Crippen molar-refractivity contribution in [2.45, 2.75) is 20.3 Å². The van der Waals surface area contributed by atoms with Gasteiger partial charge in [0, 0.05) is 22.7 Å². The van der Waals surface area contributed by atoms with Gasteiger partial charge in [0.05, 0.1) is 0 Å². The molecule has 0 spiro atoms. The number of nitrogens with zero attached hydrogens (tertiary/aromatic N) is 1. The van der Waals surface area contributed by atoms with Crippen LogP contribution < -0.4 is 4.74 Å². The Bertz CT molecular complexity index is 584. The smallest absolute Gasteiger partial charge is 0.335 e. The van der Waals surface area contributed by atoms with Gasteiger partial charge in [0.15, 0.2) is 0 Å². The summed E-state index contributed by atoms with van der Waals surface area (Å²) in [6, 6.07) is 7.39. The molecule has 0 saturated carbocycles. The van der Waals surface area contributed by atoms with E-state index in [0.717, 1.165) is 17.0 Å². The van der Waals surface area contributed by atoms with E-state index in [-0.39, 0.29) is 5.97 Å². The highest BCUT2D eigenvalue weighted by Crippen LogP contribution is 2.27. The van der Waals surface area contributed by atoms with E-state index in [9.17, 15) is 4.79 Å². The average Bonchev–Trinajstić information content (AvgIpc) is 2.88. The highest BCUT2D eigenvalue weighted by molar-refractivity contribution is 7.15. The Morgan fingerprint density at radius 1 is 1.37 bits per heavy atom. The molecule has 2 aromatic rings. The first-order chi connectivity index (χ1) is 9.22. The van der Waals surface area contributed by atoms with E-state index in [4.69, 9.17) is 4.74 Å². The summed E-state index contributed by atoms with van der Waals surface area (Å²) in [5.74, 6) is 0.178. The molecule has 0 fully saturated rings. The van der Waals surface area contributed by atoms with Crippen LogP contribution in [0.15, 0.2) is 42.6 Å². The van der Waals surface area contributed by atoms with Gasteiger partial charge in [0.2, 0.25) is 0 Å². The van der Waals surface area contributed by atoms with Crippen molar-refractivity contribution < 1.29 is 9.53 Å². The number of thiazole rings is 1. The Morgan fingerprint density at radius 2 is 2.11 bits per heavy atom. The van der Waals surface area contributed by atoms with Crippen LogP contribution in [0.3, 0.4) is 0 Å². The molecular formula is C15H15NO2S. The number of allylic oxidation sites excluding steroid dienone is 1. The summed E-state index contributed by atoms with van der Waals surface area (Å²) >= 11 is 1.68. The lowest BCUT2D eigenvalue weighted by atomic mass is 10.2. The summed E-state index contributed by atoms with van der Waals surface area (Å²) in [6.45, 7) is 3.89. The zero-order valence-electron chi connectivity index (χ0n) is 10.9. The maximum Gasteiger partial charge on any atom is 0.335 e. The lowest BCUT2D eigenvalue weighted by molar-refractivity contribution is -0.128. The standard InChI is InChI=1S/C15H15NO2S/c1-3-5-14(17)18-12-8-6-11(7-9-12)15-16-10-13(4-2)19-15/h3,5-10H,4H2,1-2H3/b5-3+. The van der Waals surface area contributed by atoms with Crippen LogP contribution in [0.1, 0.15) is 18.7 Å². The molecular weight excluding hydrogens is 258 g/mol. The zero-order chi connectivity index (χ0) is 13.7. The minimum Gasteiger partial charge on any atom is -0.423 e. The van der Waals surface area contributed by atoms with E-state index in [1.54, 1.807) is 36.5 Å². The monoisotopic (exact) mass is 273 g/mol. The number of aryl methyl sites for hydroxylation is 1. The lowest BCUT2D eigenvalue weighted by Crippen LogP contribution is -2.03. The molecule has 0 saturated heterocycles. The Labute approximate surface area is 116 Å². The van der Waals surface area contributed by atoms with Gasteiger partial charge in [-0.3, -0.25) is 0 Å². The predicted octanol–water partition coefficient (Wildman–Crippen LogP) is 3.85. The third kappa shape index (κ3) is 3.51. The van der Waals surface area contributed by atoms with Crippen molar-refractivity contribution in [3.8, 4) is 16.3 Å². The summed E-state index contributed by atoms with van der Waals surface area (Å²) in [5.41, 5.74) is 1.04. The van der Waals surface area contributed by atoms with Gasteiger partial charge in [-0.05, 0) is 37.6 Å². The molecule has 0 radical (unpaired) electrons. The van der Waals surface area contributed by atoms with Crippen LogP contribution in [0.2, 0.25) is 0 Å². The first kappa shape index (κ1) is 13.5. The normalized spacial score (nSPS) is 10.8. The maximum absolute atomic E-state index is 11.3. The second-order valence-corrected chi connectivity index (χ2v) is 5.05. The van der Waals surface area contributed by atoms with Crippen molar-refractivity contribution in [3.63, 3.8) is 0 Å². The number of rotatable bonds is 4. The van der Waals surface area contributed by atoms with Crippen LogP contribution in [-0.4, -0.2) is 11.0 Å². The third-order valence-electron chi connectivity index (χ3n) is 2.52. The molecule has 2 rings (SSSR count). The average molecular weight is 273 g/mol. The minimum atomic E-state index is -0.363. The van der Waals surface area contributed by atoms with Crippen molar-refractivity contribution in [2.24, 2.45) is 0 Å². The molecule has 0 atom stereocenters. The number of aromatic nitrogens is 1. The van der Waals surface area contributed by atoms with Crippen LogP contribution in [-0.2, 0) is 11.2 Å². The molecule has 98 valence electrons. The fraction of sp³-hybridized carbons (Fsp3) is 0.200. The van der Waals surface area contributed by atoms with E-state index in [1.165, 1.54) is 11.0 Å². The third-order valence-corrected chi connectivity index (χ3v) is 3.72. The largest absolute Gasteiger partial charge is 0.423 e. The molecule has 0 aliphatic rings. The van der Waals surface area contributed by atoms with Gasteiger partial charge in [0.1, 0.15) is 10.8 Å². The van der Waals surface area contributed by atoms with Crippen molar-refractivity contribution in [1.29, 1.82) is 0 Å². The molecule has 19 heavy (non-hydrogen) atoms. The van der Waals surface area contributed by atoms with Crippen LogP contribution in [0.5, 0.6) is 5.75 Å². The summed E-state index contributed by atoms with van der Waals surface area (Å²) in [5, 5.41) is 0.989.